The summed E-state index contributed by atoms with van der Waals surface area (Å²) in [6.07, 6.45) is 5.72. The zero-order chi connectivity index (χ0) is 18.5. The lowest BCUT2D eigenvalue weighted by Gasteiger charge is -2.39. The summed E-state index contributed by atoms with van der Waals surface area (Å²) in [6, 6.07) is 16.1. The fraction of sp³-hybridized carbons (Fsp3) is 0.318. The monoisotopic (exact) mass is 351 g/mol. The van der Waals surface area contributed by atoms with Crippen molar-refractivity contribution in [3.05, 3.63) is 60.7 Å². The summed E-state index contributed by atoms with van der Waals surface area (Å²) >= 11 is 0. The van der Waals surface area contributed by atoms with E-state index in [1.54, 1.807) is 0 Å². The Balaban J connectivity index is 0.000000948. The lowest BCUT2D eigenvalue weighted by molar-refractivity contribution is -0.145. The number of esters is 1. The maximum absolute atomic E-state index is 12.0. The maximum Gasteiger partial charge on any atom is 0.309 e. The average Bonchev–Trinajstić information content (AvgIpc) is 2.73. The smallest absolute Gasteiger partial charge is 0.309 e. The molecule has 26 heavy (non-hydrogen) atoms. The molecule has 1 aliphatic heterocycles. The quantitative estimate of drug-likeness (QED) is 0.532. The standard InChI is InChI=1S/C20H19NO3.C2H6/c1-23-20(22)14-7-6-8-15(13-14)21-16-9-2-4-11-18(16)24-19-12-5-3-10-17(19)21;1-2/h2-6,8-12,14-15H,7,13H2,1H3;1-2H3/t14-,15-;/m1./s1. The van der Waals surface area contributed by atoms with Crippen molar-refractivity contribution in [3.63, 3.8) is 0 Å². The summed E-state index contributed by atoms with van der Waals surface area (Å²) in [5.74, 6) is 1.43. The molecule has 1 heterocycles. The molecule has 2 atom stereocenters. The van der Waals surface area contributed by atoms with Crippen LogP contribution < -0.4 is 9.64 Å². The molecule has 0 amide bonds. The van der Waals surface area contributed by atoms with Gasteiger partial charge in [0.25, 0.3) is 0 Å². The second kappa shape index (κ2) is 8.09. The Morgan fingerprint density at radius 1 is 1.04 bits per heavy atom. The van der Waals surface area contributed by atoms with Gasteiger partial charge in [-0.2, -0.15) is 0 Å². The van der Waals surface area contributed by atoms with E-state index < -0.39 is 0 Å². The molecular formula is C22H25NO3. The molecule has 2 aromatic rings. The molecule has 0 saturated heterocycles. The van der Waals surface area contributed by atoms with E-state index in [0.717, 1.165) is 35.7 Å². The number of hydrogen-bond donors (Lipinski definition) is 0. The molecule has 2 aromatic carbocycles. The molecule has 4 rings (SSSR count). The van der Waals surface area contributed by atoms with Crippen molar-refractivity contribution in [1.82, 2.24) is 0 Å². The Morgan fingerprint density at radius 3 is 2.19 bits per heavy atom. The highest BCUT2D eigenvalue weighted by Crippen LogP contribution is 2.48. The van der Waals surface area contributed by atoms with Crippen molar-refractivity contribution in [2.24, 2.45) is 5.92 Å². The Bertz CT molecular complexity index is 754. The minimum Gasteiger partial charge on any atom is -0.469 e. The van der Waals surface area contributed by atoms with Crippen LogP contribution in [0, 0.1) is 5.92 Å². The van der Waals surface area contributed by atoms with Crippen LogP contribution in [0.1, 0.15) is 26.7 Å². The molecule has 0 fully saturated rings. The first-order valence-electron chi connectivity index (χ1n) is 9.17. The lowest BCUT2D eigenvalue weighted by atomic mass is 9.89. The molecule has 0 N–H and O–H groups in total. The number of allylic oxidation sites excluding steroid dienone is 1. The van der Waals surface area contributed by atoms with Crippen molar-refractivity contribution >= 4 is 17.3 Å². The highest BCUT2D eigenvalue weighted by atomic mass is 16.5. The van der Waals surface area contributed by atoms with Crippen LogP contribution in [-0.4, -0.2) is 19.1 Å². The van der Waals surface area contributed by atoms with Crippen molar-refractivity contribution in [1.29, 1.82) is 0 Å². The van der Waals surface area contributed by atoms with Gasteiger partial charge in [-0.3, -0.25) is 4.79 Å². The predicted octanol–water partition coefficient (Wildman–Crippen LogP) is 5.46. The van der Waals surface area contributed by atoms with Gasteiger partial charge in [-0.1, -0.05) is 50.3 Å². The number of hydrogen-bond acceptors (Lipinski definition) is 4. The first kappa shape index (κ1) is 18.1. The Hall–Kier alpha value is -2.75. The number of benzene rings is 2. The number of fused-ring (bicyclic) bond motifs is 2. The summed E-state index contributed by atoms with van der Waals surface area (Å²) in [6.45, 7) is 4.00. The number of carbonyl (C=O) groups is 1. The van der Waals surface area contributed by atoms with Crippen molar-refractivity contribution in [3.8, 4) is 11.5 Å². The van der Waals surface area contributed by atoms with E-state index >= 15 is 0 Å². The number of carbonyl (C=O) groups excluding carboxylic acids is 1. The van der Waals surface area contributed by atoms with Crippen molar-refractivity contribution in [2.75, 3.05) is 12.0 Å². The van der Waals surface area contributed by atoms with Gasteiger partial charge < -0.3 is 14.4 Å². The third kappa shape index (κ3) is 3.32. The van der Waals surface area contributed by atoms with Crippen LogP contribution >= 0.6 is 0 Å². The first-order chi connectivity index (χ1) is 12.8. The van der Waals surface area contributed by atoms with Gasteiger partial charge in [0.1, 0.15) is 0 Å². The second-order valence-corrected chi connectivity index (χ2v) is 6.09. The second-order valence-electron chi connectivity index (χ2n) is 6.09. The molecule has 136 valence electrons. The van der Waals surface area contributed by atoms with Crippen LogP contribution in [0.5, 0.6) is 11.5 Å². The van der Waals surface area contributed by atoms with E-state index in [1.165, 1.54) is 7.11 Å². The number of methoxy groups -OCH3 is 1. The number of rotatable bonds is 2. The molecule has 0 saturated carbocycles. The highest BCUT2D eigenvalue weighted by molar-refractivity contribution is 5.79. The van der Waals surface area contributed by atoms with E-state index in [1.807, 2.05) is 50.2 Å². The Labute approximate surface area is 155 Å². The third-order valence-electron chi connectivity index (χ3n) is 4.64. The van der Waals surface area contributed by atoms with Crippen LogP contribution in [-0.2, 0) is 9.53 Å². The van der Waals surface area contributed by atoms with E-state index in [-0.39, 0.29) is 17.9 Å². The molecule has 0 spiro atoms. The summed E-state index contributed by atoms with van der Waals surface area (Å²) in [5, 5.41) is 0. The average molecular weight is 351 g/mol. The van der Waals surface area contributed by atoms with Gasteiger partial charge in [-0.15, -0.1) is 0 Å². The van der Waals surface area contributed by atoms with Crippen molar-refractivity contribution < 1.29 is 14.3 Å². The molecule has 2 aliphatic rings. The topological polar surface area (TPSA) is 38.8 Å². The summed E-state index contributed by atoms with van der Waals surface area (Å²) in [7, 11) is 1.45. The molecule has 4 nitrogen and oxygen atoms in total. The van der Waals surface area contributed by atoms with E-state index in [2.05, 4.69) is 29.2 Å². The normalized spacial score (nSPS) is 20.0. The van der Waals surface area contributed by atoms with E-state index in [0.29, 0.717) is 0 Å². The van der Waals surface area contributed by atoms with Gasteiger partial charge in [-0.25, -0.2) is 0 Å². The molecule has 0 radical (unpaired) electrons. The van der Waals surface area contributed by atoms with Gasteiger partial charge in [0.15, 0.2) is 11.5 Å². The number of anilines is 2. The molecule has 4 heteroatoms. The molecule has 0 unspecified atom stereocenters. The molecule has 1 aliphatic carbocycles. The number of ether oxygens (including phenoxy) is 2. The number of para-hydroxylation sites is 4. The minimum absolute atomic E-state index is 0.0917. The van der Waals surface area contributed by atoms with Crippen LogP contribution in [0.2, 0.25) is 0 Å². The van der Waals surface area contributed by atoms with Gasteiger partial charge >= 0.3 is 5.97 Å². The lowest BCUT2D eigenvalue weighted by Crippen LogP contribution is -2.36. The fourth-order valence-corrected chi connectivity index (χ4v) is 3.51. The Morgan fingerprint density at radius 2 is 1.62 bits per heavy atom. The predicted molar refractivity (Wildman–Crippen MR) is 104 cm³/mol. The SMILES string of the molecule is CC.COC(=O)[C@@H]1CC=C[C@@H](N2c3ccccc3Oc3ccccc32)C1. The zero-order valence-corrected chi connectivity index (χ0v) is 15.5. The van der Waals surface area contributed by atoms with E-state index in [4.69, 9.17) is 9.47 Å². The minimum atomic E-state index is -0.140. The molecule has 0 aromatic heterocycles. The summed E-state index contributed by atoms with van der Waals surface area (Å²) in [4.78, 5) is 14.3. The first-order valence-corrected chi connectivity index (χ1v) is 9.17. The van der Waals surface area contributed by atoms with Crippen molar-refractivity contribution in [2.45, 2.75) is 32.7 Å². The third-order valence-corrected chi connectivity index (χ3v) is 4.64. The van der Waals surface area contributed by atoms with Gasteiger partial charge in [0.2, 0.25) is 0 Å². The molecule has 0 bridgehead atoms. The van der Waals surface area contributed by atoms with Crippen LogP contribution in [0.15, 0.2) is 60.7 Å². The van der Waals surface area contributed by atoms with E-state index in [9.17, 15) is 4.79 Å². The van der Waals surface area contributed by atoms with Gasteiger partial charge in [0, 0.05) is 0 Å². The zero-order valence-electron chi connectivity index (χ0n) is 15.5. The van der Waals surface area contributed by atoms with Crippen LogP contribution in [0.4, 0.5) is 11.4 Å². The largest absolute Gasteiger partial charge is 0.469 e. The highest BCUT2D eigenvalue weighted by Gasteiger charge is 2.33. The fourth-order valence-electron chi connectivity index (χ4n) is 3.51. The summed E-state index contributed by atoms with van der Waals surface area (Å²) in [5.41, 5.74) is 2.05. The maximum atomic E-state index is 12.0. The number of nitrogens with zero attached hydrogens (tertiary/aromatic N) is 1. The van der Waals surface area contributed by atoms with Crippen LogP contribution in [0.25, 0.3) is 0 Å². The summed E-state index contributed by atoms with van der Waals surface area (Å²) < 4.78 is 11.0. The Kier molecular flexibility index (Phi) is 5.61. The molecular weight excluding hydrogens is 326 g/mol. The van der Waals surface area contributed by atoms with Crippen LogP contribution in [0.3, 0.4) is 0 Å². The van der Waals surface area contributed by atoms with Gasteiger partial charge in [-0.05, 0) is 37.1 Å². The van der Waals surface area contributed by atoms with Gasteiger partial charge in [0.05, 0.1) is 30.4 Å².